The van der Waals surface area contributed by atoms with Crippen LogP contribution in [0.4, 0.5) is 5.69 Å². The summed E-state index contributed by atoms with van der Waals surface area (Å²) in [4.78, 5) is 22.7. The van der Waals surface area contributed by atoms with Gasteiger partial charge >= 0.3 is 5.97 Å². The van der Waals surface area contributed by atoms with Crippen molar-refractivity contribution in [1.82, 2.24) is 0 Å². The first kappa shape index (κ1) is 15.8. The number of aromatic carboxylic acids is 1. The molecule has 2 rings (SSSR count). The summed E-state index contributed by atoms with van der Waals surface area (Å²) in [6.45, 7) is 0. The van der Waals surface area contributed by atoms with Gasteiger partial charge in [0.2, 0.25) is 0 Å². The van der Waals surface area contributed by atoms with Crippen molar-refractivity contribution in [2.75, 3.05) is 5.32 Å². The number of rotatable bonds is 5. The number of carboxylic acids is 1. The summed E-state index contributed by atoms with van der Waals surface area (Å²) >= 11 is 0. The minimum atomic E-state index is -1.05. The second kappa shape index (κ2) is 7.43. The van der Waals surface area contributed by atoms with Crippen LogP contribution < -0.4 is 5.32 Å². The molecule has 0 aliphatic rings. The molecule has 0 aliphatic carbocycles. The van der Waals surface area contributed by atoms with Crippen LogP contribution in [0.1, 0.15) is 16.1 Å². The van der Waals surface area contributed by atoms with E-state index in [1.807, 2.05) is 0 Å². The zero-order chi connectivity index (χ0) is 16.7. The molecular weight excluding hydrogens is 296 g/mol. The highest BCUT2D eigenvalue weighted by Gasteiger charge is 2.09. The van der Waals surface area contributed by atoms with Crippen LogP contribution in [0.3, 0.4) is 0 Å². The molecule has 6 nitrogen and oxygen atoms in total. The van der Waals surface area contributed by atoms with Crippen LogP contribution in [0, 0.1) is 11.3 Å². The van der Waals surface area contributed by atoms with Gasteiger partial charge in [-0.3, -0.25) is 4.79 Å². The maximum absolute atomic E-state index is 12.0. The average Bonchev–Trinajstić information content (AvgIpc) is 3.05. The van der Waals surface area contributed by atoms with E-state index in [1.54, 1.807) is 24.3 Å². The van der Waals surface area contributed by atoms with E-state index in [0.29, 0.717) is 11.4 Å². The van der Waals surface area contributed by atoms with Gasteiger partial charge in [0.1, 0.15) is 17.4 Å². The zero-order valence-electron chi connectivity index (χ0n) is 11.9. The van der Waals surface area contributed by atoms with Crippen LogP contribution in [0.25, 0.3) is 6.08 Å². The second-order valence-corrected chi connectivity index (χ2v) is 4.40. The van der Waals surface area contributed by atoms with Gasteiger partial charge in [-0.15, -0.1) is 0 Å². The van der Waals surface area contributed by atoms with Crippen molar-refractivity contribution in [3.8, 4) is 6.07 Å². The van der Waals surface area contributed by atoms with Crippen molar-refractivity contribution in [2.24, 2.45) is 0 Å². The van der Waals surface area contributed by atoms with Gasteiger partial charge < -0.3 is 14.8 Å². The molecule has 1 heterocycles. The number of benzene rings is 1. The lowest BCUT2D eigenvalue weighted by Crippen LogP contribution is -2.13. The van der Waals surface area contributed by atoms with Gasteiger partial charge in [0, 0.05) is 5.69 Å². The van der Waals surface area contributed by atoms with E-state index in [-0.39, 0.29) is 11.1 Å². The Morgan fingerprint density at radius 3 is 2.52 bits per heavy atom. The van der Waals surface area contributed by atoms with Crippen LogP contribution in [0.15, 0.2) is 64.8 Å². The Labute approximate surface area is 132 Å². The number of furan rings is 1. The van der Waals surface area contributed by atoms with Crippen LogP contribution in [0.2, 0.25) is 0 Å². The summed E-state index contributed by atoms with van der Waals surface area (Å²) in [7, 11) is 0. The molecule has 114 valence electrons. The third-order valence-electron chi connectivity index (χ3n) is 2.82. The molecule has 1 aromatic carbocycles. The van der Waals surface area contributed by atoms with Crippen molar-refractivity contribution in [3.05, 3.63) is 71.7 Å². The standard InChI is InChI=1S/C17H12N2O4/c18-11-13(3-1-4-15-5-2-10-23-15)16(20)19-14-8-6-12(7-9-14)17(21)22/h1-10H,(H,19,20)(H,21,22)/b4-1+,13-3+. The third-order valence-corrected chi connectivity index (χ3v) is 2.82. The van der Waals surface area contributed by atoms with E-state index in [9.17, 15) is 9.59 Å². The lowest BCUT2D eigenvalue weighted by Gasteiger charge is -2.04. The quantitative estimate of drug-likeness (QED) is 0.502. The molecule has 1 aromatic heterocycles. The predicted octanol–water partition coefficient (Wildman–Crippen LogP) is 3.08. The Kier molecular flexibility index (Phi) is 5.10. The maximum Gasteiger partial charge on any atom is 0.335 e. The lowest BCUT2D eigenvalue weighted by molar-refractivity contribution is -0.112. The van der Waals surface area contributed by atoms with E-state index >= 15 is 0 Å². The molecule has 0 bridgehead atoms. The smallest absolute Gasteiger partial charge is 0.335 e. The maximum atomic E-state index is 12.0. The van der Waals surface area contributed by atoms with E-state index in [2.05, 4.69) is 5.32 Å². The zero-order valence-corrected chi connectivity index (χ0v) is 11.9. The SMILES string of the molecule is N#C/C(=C\C=C\c1ccco1)C(=O)Nc1ccc(C(=O)O)cc1. The highest BCUT2D eigenvalue weighted by Crippen LogP contribution is 2.11. The molecule has 1 amide bonds. The Morgan fingerprint density at radius 1 is 1.22 bits per heavy atom. The molecule has 0 saturated heterocycles. The molecule has 6 heteroatoms. The number of nitriles is 1. The topological polar surface area (TPSA) is 103 Å². The fourth-order valence-corrected chi connectivity index (χ4v) is 1.68. The number of carbonyl (C=O) groups is 2. The van der Waals surface area contributed by atoms with Crippen molar-refractivity contribution in [2.45, 2.75) is 0 Å². The van der Waals surface area contributed by atoms with Gasteiger partial charge in [0.05, 0.1) is 11.8 Å². The van der Waals surface area contributed by atoms with Gasteiger partial charge in [-0.2, -0.15) is 5.26 Å². The fraction of sp³-hybridized carbons (Fsp3) is 0. The molecule has 0 fully saturated rings. The highest BCUT2D eigenvalue weighted by atomic mass is 16.4. The van der Waals surface area contributed by atoms with Crippen molar-refractivity contribution < 1.29 is 19.1 Å². The molecule has 2 aromatic rings. The van der Waals surface area contributed by atoms with Crippen LogP contribution in [0.5, 0.6) is 0 Å². The number of carboxylic acid groups (broad SMARTS) is 1. The number of nitrogens with one attached hydrogen (secondary N) is 1. The first-order valence-electron chi connectivity index (χ1n) is 6.57. The summed E-state index contributed by atoms with van der Waals surface area (Å²) in [5.41, 5.74) is 0.423. The Bertz CT molecular complexity index is 794. The molecule has 0 aliphatic heterocycles. The van der Waals surface area contributed by atoms with Crippen LogP contribution in [-0.4, -0.2) is 17.0 Å². The number of amides is 1. The number of anilines is 1. The normalized spacial score (nSPS) is 11.2. The van der Waals surface area contributed by atoms with Crippen molar-refractivity contribution in [1.29, 1.82) is 5.26 Å². The first-order valence-corrected chi connectivity index (χ1v) is 6.57. The largest absolute Gasteiger partial charge is 0.478 e. The molecule has 0 saturated carbocycles. The number of carbonyl (C=O) groups excluding carboxylic acids is 1. The minimum Gasteiger partial charge on any atom is -0.478 e. The van der Waals surface area contributed by atoms with Crippen molar-refractivity contribution >= 4 is 23.6 Å². The monoisotopic (exact) mass is 308 g/mol. The van der Waals surface area contributed by atoms with E-state index in [4.69, 9.17) is 14.8 Å². The lowest BCUT2D eigenvalue weighted by atomic mass is 10.2. The number of hydrogen-bond acceptors (Lipinski definition) is 4. The predicted molar refractivity (Wildman–Crippen MR) is 83.5 cm³/mol. The minimum absolute atomic E-state index is 0.0879. The van der Waals surface area contributed by atoms with E-state index in [1.165, 1.54) is 42.7 Å². The summed E-state index contributed by atoms with van der Waals surface area (Å²) in [5, 5.41) is 20.4. The van der Waals surface area contributed by atoms with Gasteiger partial charge in [-0.1, -0.05) is 6.08 Å². The van der Waals surface area contributed by atoms with Gasteiger partial charge in [0.25, 0.3) is 5.91 Å². The first-order chi connectivity index (χ1) is 11.1. The Morgan fingerprint density at radius 2 is 1.96 bits per heavy atom. The summed E-state index contributed by atoms with van der Waals surface area (Å²) in [6, 6.07) is 10.9. The second-order valence-electron chi connectivity index (χ2n) is 4.40. The van der Waals surface area contributed by atoms with Gasteiger partial charge in [0.15, 0.2) is 0 Å². The molecule has 0 atom stereocenters. The fourth-order valence-electron chi connectivity index (χ4n) is 1.68. The summed E-state index contributed by atoms with van der Waals surface area (Å²) in [5.74, 6) is -1.04. The molecule has 2 N–H and O–H groups in total. The Balaban J connectivity index is 2.05. The average molecular weight is 308 g/mol. The summed E-state index contributed by atoms with van der Waals surface area (Å²) in [6.07, 6.45) is 6.03. The molecular formula is C17H12N2O4. The molecule has 0 spiro atoms. The number of allylic oxidation sites excluding steroid dienone is 2. The van der Waals surface area contributed by atoms with Crippen LogP contribution >= 0.6 is 0 Å². The van der Waals surface area contributed by atoms with Crippen LogP contribution in [-0.2, 0) is 4.79 Å². The number of hydrogen-bond donors (Lipinski definition) is 2. The van der Waals surface area contributed by atoms with Gasteiger partial charge in [-0.05, 0) is 48.6 Å². The van der Waals surface area contributed by atoms with E-state index in [0.717, 1.165) is 0 Å². The Hall–Kier alpha value is -3.59. The van der Waals surface area contributed by atoms with E-state index < -0.39 is 11.9 Å². The van der Waals surface area contributed by atoms with Gasteiger partial charge in [-0.25, -0.2) is 4.79 Å². The molecule has 23 heavy (non-hydrogen) atoms. The highest BCUT2D eigenvalue weighted by molar-refractivity contribution is 6.07. The molecule has 0 radical (unpaired) electrons. The molecule has 0 unspecified atom stereocenters. The third kappa shape index (κ3) is 4.44. The van der Waals surface area contributed by atoms with Crippen molar-refractivity contribution in [3.63, 3.8) is 0 Å². The number of nitrogens with zero attached hydrogens (tertiary/aromatic N) is 1. The summed E-state index contributed by atoms with van der Waals surface area (Å²) < 4.78 is 5.09.